The predicted molar refractivity (Wildman–Crippen MR) is 61.3 cm³/mol. The second kappa shape index (κ2) is 4.45. The van der Waals surface area contributed by atoms with E-state index >= 15 is 0 Å². The number of rotatable bonds is 2. The number of nitrogens with zero attached hydrogens (tertiary/aromatic N) is 1. The van der Waals surface area contributed by atoms with Crippen molar-refractivity contribution in [3.05, 3.63) is 29.8 Å². The van der Waals surface area contributed by atoms with Crippen molar-refractivity contribution in [2.45, 2.75) is 19.4 Å². The van der Waals surface area contributed by atoms with E-state index in [1.165, 1.54) is 11.0 Å². The molecule has 1 unspecified atom stereocenters. The number of benzene rings is 1. The Labute approximate surface area is 98.6 Å². The average molecular weight is 235 g/mol. The van der Waals surface area contributed by atoms with Crippen LogP contribution >= 0.6 is 0 Å². The van der Waals surface area contributed by atoms with Gasteiger partial charge in [-0.1, -0.05) is 12.1 Å². The molecule has 0 saturated carbocycles. The molecule has 5 heteroatoms. The number of anilines is 1. The van der Waals surface area contributed by atoms with E-state index in [2.05, 4.69) is 0 Å². The molecule has 1 aromatic carbocycles. The van der Waals surface area contributed by atoms with Crippen LogP contribution in [0, 0.1) is 0 Å². The highest BCUT2D eigenvalue weighted by molar-refractivity contribution is 6.00. The quantitative estimate of drug-likeness (QED) is 0.852. The number of amides is 1. The van der Waals surface area contributed by atoms with E-state index in [4.69, 9.17) is 9.84 Å². The molecule has 1 amide bonds. The molecule has 0 spiro atoms. The molecule has 1 aliphatic rings. The van der Waals surface area contributed by atoms with Crippen LogP contribution in [-0.4, -0.2) is 29.8 Å². The van der Waals surface area contributed by atoms with Gasteiger partial charge in [0.1, 0.15) is 6.10 Å². The second-order valence-corrected chi connectivity index (χ2v) is 3.96. The van der Waals surface area contributed by atoms with Gasteiger partial charge in [0.05, 0.1) is 11.3 Å². The van der Waals surface area contributed by atoms with Crippen molar-refractivity contribution in [1.29, 1.82) is 0 Å². The number of aromatic carboxylic acids is 1. The van der Waals surface area contributed by atoms with E-state index in [0.29, 0.717) is 18.7 Å². The van der Waals surface area contributed by atoms with Crippen LogP contribution in [0.4, 0.5) is 10.5 Å². The maximum Gasteiger partial charge on any atom is 0.414 e. The van der Waals surface area contributed by atoms with E-state index in [-0.39, 0.29) is 11.7 Å². The molecule has 0 radical (unpaired) electrons. The standard InChI is InChI=1S/C12H13NO4/c1-8-6-7-13(12(16)17-8)10-5-3-2-4-9(10)11(14)15/h2-5,8H,6-7H2,1H3,(H,14,15). The first-order valence-corrected chi connectivity index (χ1v) is 5.40. The number of carbonyl (C=O) groups is 2. The molecular formula is C12H13NO4. The van der Waals surface area contributed by atoms with Crippen LogP contribution in [-0.2, 0) is 4.74 Å². The number of carbonyl (C=O) groups excluding carboxylic acids is 1. The lowest BCUT2D eigenvalue weighted by molar-refractivity contribution is 0.0697. The Morgan fingerprint density at radius 2 is 2.18 bits per heavy atom. The lowest BCUT2D eigenvalue weighted by atomic mass is 10.1. The lowest BCUT2D eigenvalue weighted by Crippen LogP contribution is -2.41. The summed E-state index contributed by atoms with van der Waals surface area (Å²) < 4.78 is 5.08. The van der Waals surface area contributed by atoms with E-state index in [1.807, 2.05) is 6.92 Å². The molecule has 0 bridgehead atoms. The summed E-state index contributed by atoms with van der Waals surface area (Å²) in [7, 11) is 0. The SMILES string of the molecule is CC1CCN(c2ccccc2C(=O)O)C(=O)O1. The first-order valence-electron chi connectivity index (χ1n) is 5.40. The van der Waals surface area contributed by atoms with E-state index in [1.54, 1.807) is 18.2 Å². The summed E-state index contributed by atoms with van der Waals surface area (Å²) in [6.45, 7) is 2.29. The van der Waals surface area contributed by atoms with E-state index in [0.717, 1.165) is 0 Å². The molecule has 1 fully saturated rings. The highest BCUT2D eigenvalue weighted by Gasteiger charge is 2.28. The van der Waals surface area contributed by atoms with Crippen LogP contribution in [0.25, 0.3) is 0 Å². The van der Waals surface area contributed by atoms with Gasteiger partial charge in [0.15, 0.2) is 0 Å². The van der Waals surface area contributed by atoms with E-state index < -0.39 is 12.1 Å². The summed E-state index contributed by atoms with van der Waals surface area (Å²) in [4.78, 5) is 24.1. The number of hydrogen-bond acceptors (Lipinski definition) is 3. The van der Waals surface area contributed by atoms with Crippen molar-refractivity contribution in [3.63, 3.8) is 0 Å². The first kappa shape index (κ1) is 11.4. The molecule has 1 heterocycles. The van der Waals surface area contributed by atoms with Crippen LogP contribution < -0.4 is 4.90 Å². The topological polar surface area (TPSA) is 66.8 Å². The van der Waals surface area contributed by atoms with Crippen LogP contribution in [0.2, 0.25) is 0 Å². The molecule has 1 aliphatic heterocycles. The van der Waals surface area contributed by atoms with Gasteiger partial charge in [-0.05, 0) is 19.1 Å². The normalized spacial score (nSPS) is 19.9. The Hall–Kier alpha value is -2.04. The maximum absolute atomic E-state index is 11.7. The maximum atomic E-state index is 11.7. The van der Waals surface area contributed by atoms with Crippen molar-refractivity contribution in [2.24, 2.45) is 0 Å². The van der Waals surface area contributed by atoms with Gasteiger partial charge in [-0.3, -0.25) is 4.90 Å². The van der Waals surface area contributed by atoms with Gasteiger partial charge in [-0.2, -0.15) is 0 Å². The summed E-state index contributed by atoms with van der Waals surface area (Å²) in [6.07, 6.45) is 0.0906. The minimum atomic E-state index is -1.05. The summed E-state index contributed by atoms with van der Waals surface area (Å²) in [5.74, 6) is -1.05. The Morgan fingerprint density at radius 3 is 2.82 bits per heavy atom. The first-order chi connectivity index (χ1) is 8.09. The van der Waals surface area contributed by atoms with Crippen LogP contribution in [0.3, 0.4) is 0 Å². The molecule has 2 rings (SSSR count). The smallest absolute Gasteiger partial charge is 0.414 e. The number of cyclic esters (lactones) is 1. The highest BCUT2D eigenvalue weighted by atomic mass is 16.6. The van der Waals surface area contributed by atoms with Gasteiger partial charge in [-0.15, -0.1) is 0 Å². The van der Waals surface area contributed by atoms with Gasteiger partial charge >= 0.3 is 12.1 Å². The number of ether oxygens (including phenoxy) is 1. The molecule has 5 nitrogen and oxygen atoms in total. The summed E-state index contributed by atoms with van der Waals surface area (Å²) in [5.41, 5.74) is 0.496. The Kier molecular flexibility index (Phi) is 2.99. The minimum Gasteiger partial charge on any atom is -0.478 e. The Morgan fingerprint density at radius 1 is 1.47 bits per heavy atom. The molecule has 17 heavy (non-hydrogen) atoms. The molecule has 90 valence electrons. The zero-order chi connectivity index (χ0) is 12.4. The summed E-state index contributed by atoms with van der Waals surface area (Å²) in [5, 5.41) is 9.06. The van der Waals surface area contributed by atoms with Crippen LogP contribution in [0.5, 0.6) is 0 Å². The molecule has 1 atom stereocenters. The second-order valence-electron chi connectivity index (χ2n) is 3.96. The third kappa shape index (κ3) is 2.22. The molecule has 0 aliphatic carbocycles. The van der Waals surface area contributed by atoms with Crippen molar-refractivity contribution < 1.29 is 19.4 Å². The van der Waals surface area contributed by atoms with Crippen LogP contribution in [0.1, 0.15) is 23.7 Å². The van der Waals surface area contributed by atoms with Gasteiger partial charge in [-0.25, -0.2) is 9.59 Å². The molecule has 0 aromatic heterocycles. The fourth-order valence-corrected chi connectivity index (χ4v) is 1.81. The monoisotopic (exact) mass is 235 g/mol. The van der Waals surface area contributed by atoms with E-state index in [9.17, 15) is 9.59 Å². The molecular weight excluding hydrogens is 222 g/mol. The highest BCUT2D eigenvalue weighted by Crippen LogP contribution is 2.24. The minimum absolute atomic E-state index is 0.110. The predicted octanol–water partition coefficient (Wildman–Crippen LogP) is 2.12. The lowest BCUT2D eigenvalue weighted by Gasteiger charge is -2.30. The third-order valence-corrected chi connectivity index (χ3v) is 2.71. The largest absolute Gasteiger partial charge is 0.478 e. The molecule has 1 saturated heterocycles. The fraction of sp³-hybridized carbons (Fsp3) is 0.333. The number of hydrogen-bond donors (Lipinski definition) is 1. The van der Waals surface area contributed by atoms with Gasteiger partial charge < -0.3 is 9.84 Å². The average Bonchev–Trinajstić information content (AvgIpc) is 2.29. The Bertz CT molecular complexity index is 458. The Balaban J connectivity index is 2.34. The zero-order valence-corrected chi connectivity index (χ0v) is 9.42. The van der Waals surface area contributed by atoms with Crippen molar-refractivity contribution in [3.8, 4) is 0 Å². The number of carboxylic acids is 1. The third-order valence-electron chi connectivity index (χ3n) is 2.71. The van der Waals surface area contributed by atoms with Crippen LogP contribution in [0.15, 0.2) is 24.3 Å². The number of carboxylic acid groups (broad SMARTS) is 1. The summed E-state index contributed by atoms with van der Waals surface area (Å²) in [6, 6.07) is 6.42. The fourth-order valence-electron chi connectivity index (χ4n) is 1.81. The zero-order valence-electron chi connectivity index (χ0n) is 9.42. The summed E-state index contributed by atoms with van der Waals surface area (Å²) >= 11 is 0. The van der Waals surface area contributed by atoms with Gasteiger partial charge in [0, 0.05) is 13.0 Å². The van der Waals surface area contributed by atoms with Gasteiger partial charge in [0.25, 0.3) is 0 Å². The number of para-hydroxylation sites is 1. The van der Waals surface area contributed by atoms with Gasteiger partial charge in [0.2, 0.25) is 0 Å². The van der Waals surface area contributed by atoms with Crippen molar-refractivity contribution in [1.82, 2.24) is 0 Å². The molecule has 1 aromatic rings. The van der Waals surface area contributed by atoms with Crippen molar-refractivity contribution in [2.75, 3.05) is 11.4 Å². The van der Waals surface area contributed by atoms with Crippen molar-refractivity contribution >= 4 is 17.7 Å². The molecule has 1 N–H and O–H groups in total.